The largest absolute Gasteiger partial charge is 0.468 e. The Bertz CT molecular complexity index is 3770. The van der Waals surface area contributed by atoms with Crippen LogP contribution >= 0.6 is 0 Å². The highest BCUT2D eigenvalue weighted by molar-refractivity contribution is 5.98. The lowest BCUT2D eigenvalue weighted by atomic mass is 9.58. The number of carbonyl (C=O) groups excluding carboxylic acids is 3. The fraction of sp³-hybridized carbons (Fsp3) is 0.521. The fourth-order valence-corrected chi connectivity index (χ4v) is 16.9. The van der Waals surface area contributed by atoms with Gasteiger partial charge < -0.3 is 43.9 Å². The van der Waals surface area contributed by atoms with Gasteiger partial charge >= 0.3 is 41.7 Å². The summed E-state index contributed by atoms with van der Waals surface area (Å²) in [5, 5.41) is 3.28. The minimum absolute atomic E-state index is 0.0141. The lowest BCUT2D eigenvalue weighted by Crippen LogP contribution is -2.68. The van der Waals surface area contributed by atoms with E-state index in [4.69, 9.17) is 32.3 Å². The fourth-order valence-electron chi connectivity index (χ4n) is 16.9. The zero-order chi connectivity index (χ0) is 68.1. The minimum atomic E-state index is -0.254. The summed E-state index contributed by atoms with van der Waals surface area (Å²) < 4.78 is 16.3. The SMILES string of the molecule is Cc1nc(N2CCOCC2)ncc1N1CC2(CC(c3ccccc3)(N(C)C)C2)NC1=O.[C-]#[N+]c1ncc(N2CC3(CC(c4ccccc4)(N(C)C)C3)N(CC3CCC3)C2=O)c(OC)n1.[C-]#[N+]c1ncc(N2CC3(CC(c4ccccc4)(N(C)C)C3)N(CC3CCC3)C2=O)c(OC)n1. The normalized spacial score (nSPS) is 27.3. The maximum absolute atomic E-state index is 13.8. The van der Waals surface area contributed by atoms with Crippen LogP contribution < -0.4 is 34.4 Å². The molecule has 6 amide bonds. The van der Waals surface area contributed by atoms with Crippen molar-refractivity contribution in [1.82, 2.24) is 59.7 Å². The third-order valence-electron chi connectivity index (χ3n) is 22.8. The molecule has 1 N–H and O–H groups in total. The molecule has 4 aliphatic heterocycles. The molecule has 0 radical (unpaired) electrons. The van der Waals surface area contributed by atoms with Gasteiger partial charge in [-0.2, -0.15) is 9.97 Å². The Morgan fingerprint density at radius 3 is 1.31 bits per heavy atom. The van der Waals surface area contributed by atoms with Crippen LogP contribution in [0.1, 0.15) is 99.4 Å². The maximum Gasteiger partial charge on any atom is 0.374 e. The molecule has 3 aromatic carbocycles. The van der Waals surface area contributed by atoms with Gasteiger partial charge in [0.05, 0.1) is 97.9 Å². The third kappa shape index (κ3) is 11.9. The van der Waals surface area contributed by atoms with Crippen molar-refractivity contribution in [3.05, 3.63) is 155 Å². The first-order valence-electron chi connectivity index (χ1n) is 34.0. The number of nitrogens with zero attached hydrogens (tertiary/aromatic N) is 17. The van der Waals surface area contributed by atoms with Crippen LogP contribution in [0.5, 0.6) is 11.8 Å². The summed E-state index contributed by atoms with van der Waals surface area (Å²) in [6.45, 7) is 22.6. The van der Waals surface area contributed by atoms with Crippen molar-refractivity contribution in [2.24, 2.45) is 11.8 Å². The molecule has 6 aromatic rings. The molecule has 0 bridgehead atoms. The summed E-state index contributed by atoms with van der Waals surface area (Å²) in [5.41, 5.74) is 5.55. The molecule has 9 fully saturated rings. The first kappa shape index (κ1) is 66.5. The molecular formula is C73H90N18O6. The molecule has 3 spiro atoms. The van der Waals surface area contributed by atoms with Crippen LogP contribution in [-0.2, 0) is 21.4 Å². The molecule has 9 aliphatic rings. The Morgan fingerprint density at radius 2 is 0.948 bits per heavy atom. The molecule has 508 valence electrons. The van der Waals surface area contributed by atoms with Crippen molar-refractivity contribution < 1.29 is 28.6 Å². The minimum Gasteiger partial charge on any atom is -0.468 e. The molecule has 15 rings (SSSR count). The highest BCUT2D eigenvalue weighted by Gasteiger charge is 2.67. The number of amides is 6. The van der Waals surface area contributed by atoms with Crippen LogP contribution in [-0.4, -0.2) is 205 Å². The van der Waals surface area contributed by atoms with Gasteiger partial charge in [0.2, 0.25) is 5.95 Å². The second kappa shape index (κ2) is 26.4. The molecule has 97 heavy (non-hydrogen) atoms. The zero-order valence-corrected chi connectivity index (χ0v) is 57.4. The predicted octanol–water partition coefficient (Wildman–Crippen LogP) is 10.3. The Morgan fingerprint density at radius 1 is 0.546 bits per heavy atom. The number of benzene rings is 3. The van der Waals surface area contributed by atoms with E-state index in [1.807, 2.05) is 30.0 Å². The van der Waals surface area contributed by atoms with E-state index in [1.165, 1.54) is 69.4 Å². The Kier molecular flexibility index (Phi) is 18.1. The number of aryl methyl sites for hydroxylation is 1. The van der Waals surface area contributed by atoms with E-state index in [9.17, 15) is 14.4 Å². The van der Waals surface area contributed by atoms with Crippen molar-refractivity contribution in [3.8, 4) is 11.8 Å². The summed E-state index contributed by atoms with van der Waals surface area (Å²) in [7, 11) is 15.8. The quantitative estimate of drug-likeness (QED) is 0.0895. The second-order valence-electron chi connectivity index (χ2n) is 28.8. The number of carbonyl (C=O) groups is 3. The molecule has 3 aromatic heterocycles. The highest BCUT2D eigenvalue weighted by atomic mass is 16.5. The predicted molar refractivity (Wildman–Crippen MR) is 370 cm³/mol. The van der Waals surface area contributed by atoms with E-state index in [0.29, 0.717) is 62.0 Å². The monoisotopic (exact) mass is 1310 g/mol. The molecule has 7 heterocycles. The van der Waals surface area contributed by atoms with Crippen LogP contribution in [0.25, 0.3) is 9.69 Å². The highest BCUT2D eigenvalue weighted by Crippen LogP contribution is 2.60. The van der Waals surface area contributed by atoms with E-state index in [-0.39, 0.29) is 75.0 Å². The summed E-state index contributed by atoms with van der Waals surface area (Å²) in [4.78, 5) is 91.6. The number of aromatic nitrogens is 6. The Labute approximate surface area is 569 Å². The number of urea groups is 3. The van der Waals surface area contributed by atoms with Gasteiger partial charge in [-0.1, -0.05) is 104 Å². The summed E-state index contributed by atoms with van der Waals surface area (Å²) in [6.07, 6.45) is 17.4. The van der Waals surface area contributed by atoms with Crippen LogP contribution in [0.2, 0.25) is 0 Å². The zero-order valence-electron chi connectivity index (χ0n) is 57.4. The summed E-state index contributed by atoms with van der Waals surface area (Å²) >= 11 is 0. The van der Waals surface area contributed by atoms with Crippen LogP contribution in [0.4, 0.5) is 49.3 Å². The number of hydrogen-bond donors (Lipinski definition) is 1. The summed E-state index contributed by atoms with van der Waals surface area (Å²) in [5.74, 6) is 2.42. The van der Waals surface area contributed by atoms with Gasteiger partial charge in [-0.3, -0.25) is 29.4 Å². The van der Waals surface area contributed by atoms with Gasteiger partial charge in [0.1, 0.15) is 12.4 Å². The number of anilines is 4. The van der Waals surface area contributed by atoms with Gasteiger partial charge in [-0.15, -0.1) is 23.1 Å². The number of morpholine rings is 1. The molecule has 0 unspecified atom stereocenters. The van der Waals surface area contributed by atoms with E-state index in [2.05, 4.69) is 184 Å². The first-order chi connectivity index (χ1) is 46.8. The first-order valence-corrected chi connectivity index (χ1v) is 34.0. The van der Waals surface area contributed by atoms with Crippen molar-refractivity contribution in [2.75, 3.05) is 135 Å². The van der Waals surface area contributed by atoms with E-state index < -0.39 is 0 Å². The molecule has 5 saturated carbocycles. The molecular weight excluding hydrogens is 1220 g/mol. The molecule has 0 atom stereocenters. The molecule has 24 nitrogen and oxygen atoms in total. The van der Waals surface area contributed by atoms with Gasteiger partial charge in [-0.05, 0) is 142 Å². The number of ether oxygens (including phenoxy) is 3. The number of methoxy groups -OCH3 is 2. The molecule has 4 saturated heterocycles. The van der Waals surface area contributed by atoms with Gasteiger partial charge in [0.15, 0.2) is 11.4 Å². The van der Waals surface area contributed by atoms with E-state index in [0.717, 1.165) is 76.1 Å². The molecule has 24 heteroatoms. The third-order valence-corrected chi connectivity index (χ3v) is 22.8. The van der Waals surface area contributed by atoms with Crippen molar-refractivity contribution in [1.29, 1.82) is 0 Å². The standard InChI is InChI=1S/2C25H30N6O2.C23H30N6O2/c2*1-26-22-27-13-20(21(28-22)33-4)30-17-24(31(23(30)32)14-18-9-8-10-18)15-25(16-24,29(2)3)19-11-6-5-7-12-19;1-17-19(13-24-20(25-17)28-9-11-31-12-10-28)29-16-22(26-21(29)30)14-23(15-22,27(2)3)18-7-5-4-6-8-18/h2*5-7,11-13,18H,8-10,14-17H2,2-4H3;4-8,13H,9-12,14-16H2,1-3H3,(H,26,30). The number of nitrogens with one attached hydrogen (secondary N) is 1. The maximum atomic E-state index is 13.8. The van der Waals surface area contributed by atoms with E-state index >= 15 is 0 Å². The van der Waals surface area contributed by atoms with E-state index in [1.54, 1.807) is 28.4 Å². The number of hydrogen-bond acceptors (Lipinski definition) is 16. The Balaban J connectivity index is 0.000000131. The molecule has 5 aliphatic carbocycles. The number of rotatable bonds is 16. The lowest BCUT2D eigenvalue weighted by Gasteiger charge is -2.61. The average Bonchev–Trinajstić information content (AvgIpc) is 1.61. The van der Waals surface area contributed by atoms with Crippen molar-refractivity contribution in [3.63, 3.8) is 0 Å². The Hall–Kier alpha value is -9.07. The van der Waals surface area contributed by atoms with Crippen LogP contribution in [0, 0.1) is 31.9 Å². The van der Waals surface area contributed by atoms with Gasteiger partial charge in [0, 0.05) is 26.2 Å². The second-order valence-corrected chi connectivity index (χ2v) is 28.8. The van der Waals surface area contributed by atoms with Crippen molar-refractivity contribution >= 4 is 53.0 Å². The van der Waals surface area contributed by atoms with Crippen LogP contribution in [0.3, 0.4) is 0 Å². The topological polar surface area (TPSA) is 206 Å². The lowest BCUT2D eigenvalue weighted by molar-refractivity contribution is -0.0730. The van der Waals surface area contributed by atoms with Gasteiger partial charge in [-0.25, -0.2) is 24.4 Å². The van der Waals surface area contributed by atoms with Crippen LogP contribution in [0.15, 0.2) is 110 Å². The average molecular weight is 1320 g/mol. The smallest absolute Gasteiger partial charge is 0.374 e. The van der Waals surface area contributed by atoms with Gasteiger partial charge in [0.25, 0.3) is 0 Å². The van der Waals surface area contributed by atoms with Crippen molar-refractivity contribution in [2.45, 2.75) is 117 Å². The summed E-state index contributed by atoms with van der Waals surface area (Å²) in [6, 6.07) is 31.7.